The molecule has 2 aromatic rings. The summed E-state index contributed by atoms with van der Waals surface area (Å²) >= 11 is 0. The molecule has 0 bridgehead atoms. The Hall–Kier alpha value is -2.47. The van der Waals surface area contributed by atoms with Crippen molar-refractivity contribution >= 4 is 5.91 Å². The number of aromatic nitrogens is 1. The van der Waals surface area contributed by atoms with Crippen molar-refractivity contribution in [3.05, 3.63) is 59.5 Å². The lowest BCUT2D eigenvalue weighted by Crippen LogP contribution is -2.35. The molecule has 5 nitrogen and oxygen atoms in total. The van der Waals surface area contributed by atoms with Gasteiger partial charge in [0.2, 0.25) is 5.88 Å². The van der Waals surface area contributed by atoms with Gasteiger partial charge in [0, 0.05) is 50.6 Å². The van der Waals surface area contributed by atoms with E-state index in [9.17, 15) is 9.18 Å². The molecule has 0 saturated carbocycles. The number of amides is 1. The minimum Gasteiger partial charge on any atom is -0.481 e. The van der Waals surface area contributed by atoms with E-state index in [1.165, 1.54) is 19.2 Å². The number of hydrogen-bond acceptors (Lipinski definition) is 4. The van der Waals surface area contributed by atoms with Crippen LogP contribution in [0.2, 0.25) is 0 Å². The van der Waals surface area contributed by atoms with Crippen molar-refractivity contribution in [3.63, 3.8) is 0 Å². The van der Waals surface area contributed by atoms with Crippen LogP contribution in [0.5, 0.6) is 5.88 Å². The second kappa shape index (κ2) is 8.07. The van der Waals surface area contributed by atoms with Crippen molar-refractivity contribution in [2.24, 2.45) is 0 Å². The molecule has 0 atom stereocenters. The molecule has 132 valence electrons. The third kappa shape index (κ3) is 4.54. The minimum absolute atomic E-state index is 0.00401. The van der Waals surface area contributed by atoms with Crippen molar-refractivity contribution in [1.82, 2.24) is 14.8 Å². The molecule has 1 saturated heterocycles. The lowest BCUT2D eigenvalue weighted by Gasteiger charge is -2.22. The fourth-order valence-electron chi connectivity index (χ4n) is 3.02. The Morgan fingerprint density at radius 3 is 2.72 bits per heavy atom. The third-order valence-corrected chi connectivity index (χ3v) is 4.39. The smallest absolute Gasteiger partial charge is 0.254 e. The van der Waals surface area contributed by atoms with Crippen LogP contribution in [-0.4, -0.2) is 54.0 Å². The quantitative estimate of drug-likeness (QED) is 0.856. The first-order chi connectivity index (χ1) is 12.2. The van der Waals surface area contributed by atoms with Gasteiger partial charge in [-0.2, -0.15) is 0 Å². The number of rotatable bonds is 4. The van der Waals surface area contributed by atoms with Crippen molar-refractivity contribution in [3.8, 4) is 5.88 Å². The Balaban J connectivity index is 1.60. The maximum Gasteiger partial charge on any atom is 0.254 e. The lowest BCUT2D eigenvalue weighted by atomic mass is 10.2. The van der Waals surface area contributed by atoms with E-state index in [1.54, 1.807) is 18.3 Å². The topological polar surface area (TPSA) is 45.7 Å². The predicted molar refractivity (Wildman–Crippen MR) is 93.0 cm³/mol. The van der Waals surface area contributed by atoms with Gasteiger partial charge in [-0.05, 0) is 30.2 Å². The first-order valence-electron chi connectivity index (χ1n) is 8.42. The molecule has 6 heteroatoms. The van der Waals surface area contributed by atoms with Crippen LogP contribution >= 0.6 is 0 Å². The molecule has 0 aliphatic carbocycles. The Morgan fingerprint density at radius 2 is 1.96 bits per heavy atom. The first kappa shape index (κ1) is 17.4. The van der Waals surface area contributed by atoms with Crippen LogP contribution < -0.4 is 4.74 Å². The van der Waals surface area contributed by atoms with Gasteiger partial charge in [-0.25, -0.2) is 9.37 Å². The molecule has 1 fully saturated rings. The molecular formula is C19H22FN3O2. The number of carbonyl (C=O) groups is 1. The summed E-state index contributed by atoms with van der Waals surface area (Å²) in [4.78, 5) is 20.9. The first-order valence-corrected chi connectivity index (χ1v) is 8.42. The second-order valence-electron chi connectivity index (χ2n) is 6.14. The standard InChI is InChI=1S/C19H22FN3O2/c1-25-18-13-16(7-8-21-18)19(24)23-10-2-9-22(11-12-23)14-15-3-5-17(20)6-4-15/h3-8,13H,2,9-12,14H2,1H3. The summed E-state index contributed by atoms with van der Waals surface area (Å²) in [5.74, 6) is 0.229. The van der Waals surface area contributed by atoms with Gasteiger partial charge in [-0.1, -0.05) is 12.1 Å². The zero-order valence-electron chi connectivity index (χ0n) is 14.3. The van der Waals surface area contributed by atoms with Crippen molar-refractivity contribution < 1.29 is 13.9 Å². The number of pyridine rings is 1. The number of nitrogens with zero attached hydrogens (tertiary/aromatic N) is 3. The molecule has 25 heavy (non-hydrogen) atoms. The summed E-state index contributed by atoms with van der Waals surface area (Å²) in [7, 11) is 1.54. The van der Waals surface area contributed by atoms with Gasteiger partial charge in [0.25, 0.3) is 5.91 Å². The minimum atomic E-state index is -0.218. The Bertz CT molecular complexity index is 721. The fourth-order valence-corrected chi connectivity index (χ4v) is 3.02. The number of methoxy groups -OCH3 is 1. The number of carbonyl (C=O) groups excluding carboxylic acids is 1. The van der Waals surface area contributed by atoms with E-state index in [2.05, 4.69) is 9.88 Å². The van der Waals surface area contributed by atoms with Crippen LogP contribution in [-0.2, 0) is 6.54 Å². The van der Waals surface area contributed by atoms with E-state index in [1.807, 2.05) is 17.0 Å². The van der Waals surface area contributed by atoms with Gasteiger partial charge in [0.05, 0.1) is 7.11 Å². The third-order valence-electron chi connectivity index (χ3n) is 4.39. The summed E-state index contributed by atoms with van der Waals surface area (Å²) in [5, 5.41) is 0. The predicted octanol–water partition coefficient (Wildman–Crippen LogP) is 2.58. The zero-order valence-corrected chi connectivity index (χ0v) is 14.3. The molecular weight excluding hydrogens is 321 g/mol. The summed E-state index contributed by atoms with van der Waals surface area (Å²) in [6.07, 6.45) is 2.50. The summed E-state index contributed by atoms with van der Waals surface area (Å²) in [6.45, 7) is 3.88. The summed E-state index contributed by atoms with van der Waals surface area (Å²) in [6, 6.07) is 9.98. The average Bonchev–Trinajstić information content (AvgIpc) is 2.88. The highest BCUT2D eigenvalue weighted by Crippen LogP contribution is 2.14. The van der Waals surface area contributed by atoms with E-state index < -0.39 is 0 Å². The summed E-state index contributed by atoms with van der Waals surface area (Å²) in [5.41, 5.74) is 1.68. The highest BCUT2D eigenvalue weighted by molar-refractivity contribution is 5.94. The van der Waals surface area contributed by atoms with Crippen LogP contribution in [0, 0.1) is 5.82 Å². The van der Waals surface area contributed by atoms with Crippen LogP contribution in [0.1, 0.15) is 22.3 Å². The Labute approximate surface area is 147 Å². The van der Waals surface area contributed by atoms with E-state index >= 15 is 0 Å². The van der Waals surface area contributed by atoms with Gasteiger partial charge in [0.1, 0.15) is 5.82 Å². The molecule has 2 heterocycles. The number of benzene rings is 1. The maximum absolute atomic E-state index is 13.0. The Kier molecular flexibility index (Phi) is 5.60. The van der Waals surface area contributed by atoms with Crippen LogP contribution in [0.3, 0.4) is 0 Å². The fraction of sp³-hybridized carbons (Fsp3) is 0.368. The molecule has 1 aromatic heterocycles. The van der Waals surface area contributed by atoms with Crippen LogP contribution in [0.25, 0.3) is 0 Å². The largest absolute Gasteiger partial charge is 0.481 e. The van der Waals surface area contributed by atoms with Gasteiger partial charge < -0.3 is 9.64 Å². The van der Waals surface area contributed by atoms with Gasteiger partial charge >= 0.3 is 0 Å². The van der Waals surface area contributed by atoms with Gasteiger partial charge in [-0.15, -0.1) is 0 Å². The number of halogens is 1. The highest BCUT2D eigenvalue weighted by Gasteiger charge is 2.20. The van der Waals surface area contributed by atoms with E-state index in [0.717, 1.165) is 38.2 Å². The molecule has 0 spiro atoms. The molecule has 1 amide bonds. The zero-order chi connectivity index (χ0) is 17.6. The average molecular weight is 343 g/mol. The van der Waals surface area contributed by atoms with Crippen LogP contribution in [0.15, 0.2) is 42.6 Å². The SMILES string of the molecule is COc1cc(C(=O)N2CCCN(Cc3ccc(F)cc3)CC2)ccn1. The van der Waals surface area contributed by atoms with Crippen molar-refractivity contribution in [2.75, 3.05) is 33.3 Å². The molecule has 1 aromatic carbocycles. The monoisotopic (exact) mass is 343 g/mol. The van der Waals surface area contributed by atoms with Gasteiger partial charge in [-0.3, -0.25) is 9.69 Å². The number of ether oxygens (including phenoxy) is 1. The Morgan fingerprint density at radius 1 is 1.16 bits per heavy atom. The van der Waals surface area contributed by atoms with Gasteiger partial charge in [0.15, 0.2) is 0 Å². The maximum atomic E-state index is 13.0. The van der Waals surface area contributed by atoms with Crippen LogP contribution in [0.4, 0.5) is 4.39 Å². The van der Waals surface area contributed by atoms with E-state index in [0.29, 0.717) is 18.0 Å². The number of hydrogen-bond donors (Lipinski definition) is 0. The van der Waals surface area contributed by atoms with E-state index in [4.69, 9.17) is 4.74 Å². The summed E-state index contributed by atoms with van der Waals surface area (Å²) < 4.78 is 18.1. The lowest BCUT2D eigenvalue weighted by molar-refractivity contribution is 0.0760. The molecule has 0 N–H and O–H groups in total. The van der Waals surface area contributed by atoms with Crippen molar-refractivity contribution in [1.29, 1.82) is 0 Å². The molecule has 3 rings (SSSR count). The second-order valence-corrected chi connectivity index (χ2v) is 6.14. The molecule has 1 aliphatic heterocycles. The molecule has 0 unspecified atom stereocenters. The normalized spacial score (nSPS) is 15.7. The molecule has 1 aliphatic rings. The molecule has 0 radical (unpaired) electrons. The highest BCUT2D eigenvalue weighted by atomic mass is 19.1. The van der Waals surface area contributed by atoms with Crippen molar-refractivity contribution in [2.45, 2.75) is 13.0 Å². The van der Waals surface area contributed by atoms with E-state index in [-0.39, 0.29) is 11.7 Å².